The number of rotatable bonds is 6. The quantitative estimate of drug-likeness (QED) is 0.683. The smallest absolute Gasteiger partial charge is 0.249 e. The number of hydrogen-bond acceptors (Lipinski definition) is 5. The van der Waals surface area contributed by atoms with E-state index < -0.39 is 6.04 Å². The van der Waals surface area contributed by atoms with Crippen molar-refractivity contribution in [1.82, 2.24) is 20.0 Å². The zero-order chi connectivity index (χ0) is 19.6. The van der Waals surface area contributed by atoms with E-state index in [4.69, 9.17) is 4.74 Å². The topological polar surface area (TPSA) is 82.2 Å². The van der Waals surface area contributed by atoms with E-state index in [-0.39, 0.29) is 42.3 Å². The number of carbonyl (C=O) groups is 3. The van der Waals surface area contributed by atoms with E-state index in [1.54, 1.807) is 4.90 Å². The van der Waals surface area contributed by atoms with Gasteiger partial charge in [0.15, 0.2) is 0 Å². The minimum absolute atomic E-state index is 0.00352. The third kappa shape index (κ3) is 4.43. The number of nitrogens with zero attached hydrogens (tertiary/aromatic N) is 3. The van der Waals surface area contributed by atoms with Crippen molar-refractivity contribution in [2.45, 2.75) is 51.2 Å². The molecule has 152 valence electrons. The first-order valence-corrected chi connectivity index (χ1v) is 10.0. The van der Waals surface area contributed by atoms with Gasteiger partial charge >= 0.3 is 0 Å². The fourth-order valence-corrected chi connectivity index (χ4v) is 4.14. The average molecular weight is 380 g/mol. The second-order valence-electron chi connectivity index (χ2n) is 8.09. The van der Waals surface area contributed by atoms with Crippen molar-refractivity contribution in [1.29, 1.82) is 0 Å². The number of nitrogens with one attached hydrogen (secondary N) is 1. The molecule has 0 aromatic carbocycles. The molecule has 2 saturated heterocycles. The molecule has 3 amide bonds. The Hall–Kier alpha value is -1.67. The normalized spacial score (nSPS) is 25.8. The number of hydrogen-bond donors (Lipinski definition) is 1. The van der Waals surface area contributed by atoms with Crippen LogP contribution in [0, 0.1) is 5.92 Å². The highest BCUT2D eigenvalue weighted by Gasteiger charge is 2.47. The van der Waals surface area contributed by atoms with Gasteiger partial charge in [-0.05, 0) is 19.3 Å². The molecule has 1 N–H and O–H groups in total. The van der Waals surface area contributed by atoms with E-state index in [0.717, 1.165) is 25.9 Å². The summed E-state index contributed by atoms with van der Waals surface area (Å²) in [6.45, 7) is 7.04. The van der Waals surface area contributed by atoms with Crippen LogP contribution >= 0.6 is 0 Å². The highest BCUT2D eigenvalue weighted by atomic mass is 16.5. The molecule has 0 radical (unpaired) electrons. The maximum Gasteiger partial charge on any atom is 0.249 e. The summed E-state index contributed by atoms with van der Waals surface area (Å²) in [6, 6.07) is -0.334. The molecule has 1 aliphatic carbocycles. The molecule has 2 unspecified atom stereocenters. The first-order valence-electron chi connectivity index (χ1n) is 10.0. The van der Waals surface area contributed by atoms with Crippen molar-refractivity contribution >= 4 is 17.7 Å². The minimum atomic E-state index is -0.503. The van der Waals surface area contributed by atoms with Crippen molar-refractivity contribution in [3.63, 3.8) is 0 Å². The lowest BCUT2D eigenvalue weighted by atomic mass is 10.1. The molecule has 8 nitrogen and oxygen atoms in total. The summed E-state index contributed by atoms with van der Waals surface area (Å²) in [5, 5.41) is 3.24. The number of likely N-dealkylation sites (tertiary alicyclic amines) is 1. The molecule has 0 spiro atoms. The van der Waals surface area contributed by atoms with E-state index in [1.807, 2.05) is 23.6 Å². The van der Waals surface area contributed by atoms with Gasteiger partial charge in [0.2, 0.25) is 17.7 Å². The van der Waals surface area contributed by atoms with Crippen molar-refractivity contribution in [3.8, 4) is 0 Å². The van der Waals surface area contributed by atoms with Crippen LogP contribution in [-0.2, 0) is 19.1 Å². The molecule has 8 heteroatoms. The Morgan fingerprint density at radius 3 is 2.37 bits per heavy atom. The molecule has 2 atom stereocenters. The molecule has 0 aromatic rings. The third-order valence-corrected chi connectivity index (χ3v) is 5.66. The molecule has 0 bridgehead atoms. The van der Waals surface area contributed by atoms with Crippen LogP contribution in [0.3, 0.4) is 0 Å². The number of carbonyl (C=O) groups excluding carboxylic acids is 3. The molecule has 3 fully saturated rings. The van der Waals surface area contributed by atoms with Gasteiger partial charge in [-0.1, -0.05) is 13.8 Å². The van der Waals surface area contributed by atoms with Gasteiger partial charge in [-0.25, -0.2) is 0 Å². The lowest BCUT2D eigenvalue weighted by Crippen LogP contribution is -2.53. The number of piperazine rings is 1. The standard InChI is InChI=1S/C19H32N4O4/c1-13(2)18(25)23(14-4-5-14)15-10-16(22(11-15)17(24)12-27-3)19(26)21-8-6-20-7-9-21/h13-16,20H,4-12H2,1-3H3. The van der Waals surface area contributed by atoms with Crippen molar-refractivity contribution in [2.75, 3.05) is 46.4 Å². The van der Waals surface area contributed by atoms with Gasteiger partial charge in [0.1, 0.15) is 12.6 Å². The summed E-state index contributed by atoms with van der Waals surface area (Å²) in [6.07, 6.45) is 2.54. The SMILES string of the molecule is COCC(=O)N1CC(N(C(=O)C(C)C)C2CC2)CC1C(=O)N1CCNCC1. The zero-order valence-corrected chi connectivity index (χ0v) is 16.6. The molecular formula is C19H32N4O4. The Morgan fingerprint density at radius 2 is 1.81 bits per heavy atom. The molecule has 2 aliphatic heterocycles. The predicted octanol–water partition coefficient (Wildman–Crippen LogP) is -0.319. The zero-order valence-electron chi connectivity index (χ0n) is 16.6. The first-order chi connectivity index (χ1) is 12.9. The Bertz CT molecular complexity index is 572. The Labute approximate surface area is 161 Å². The van der Waals surface area contributed by atoms with E-state index in [0.29, 0.717) is 26.1 Å². The molecule has 2 heterocycles. The van der Waals surface area contributed by atoms with Gasteiger partial charge in [-0.15, -0.1) is 0 Å². The van der Waals surface area contributed by atoms with Crippen molar-refractivity contribution < 1.29 is 19.1 Å². The minimum Gasteiger partial charge on any atom is -0.375 e. The summed E-state index contributed by atoms with van der Waals surface area (Å²) in [7, 11) is 1.48. The molecule has 3 rings (SSSR count). The van der Waals surface area contributed by atoms with Crippen LogP contribution in [0.5, 0.6) is 0 Å². The second kappa shape index (κ2) is 8.56. The number of amides is 3. The summed E-state index contributed by atoms with van der Waals surface area (Å²) >= 11 is 0. The highest BCUT2D eigenvalue weighted by molar-refractivity contribution is 5.89. The Balaban J connectivity index is 1.78. The van der Waals surface area contributed by atoms with Crippen LogP contribution in [0.4, 0.5) is 0 Å². The molecular weight excluding hydrogens is 348 g/mol. The lowest BCUT2D eigenvalue weighted by Gasteiger charge is -2.32. The van der Waals surface area contributed by atoms with E-state index >= 15 is 0 Å². The van der Waals surface area contributed by atoms with Crippen LogP contribution in [0.15, 0.2) is 0 Å². The van der Waals surface area contributed by atoms with Crippen LogP contribution in [0.25, 0.3) is 0 Å². The second-order valence-corrected chi connectivity index (χ2v) is 8.09. The maximum absolute atomic E-state index is 13.1. The molecule has 27 heavy (non-hydrogen) atoms. The molecule has 1 saturated carbocycles. The van der Waals surface area contributed by atoms with Crippen molar-refractivity contribution in [3.05, 3.63) is 0 Å². The highest BCUT2D eigenvalue weighted by Crippen LogP contribution is 2.35. The fourth-order valence-electron chi connectivity index (χ4n) is 4.14. The van der Waals surface area contributed by atoms with Gasteiger partial charge < -0.3 is 24.8 Å². The van der Waals surface area contributed by atoms with E-state index in [1.165, 1.54) is 7.11 Å². The first kappa shape index (κ1) is 20.1. The van der Waals surface area contributed by atoms with Gasteiger partial charge in [0, 0.05) is 51.8 Å². The predicted molar refractivity (Wildman–Crippen MR) is 99.9 cm³/mol. The van der Waals surface area contributed by atoms with E-state index in [2.05, 4.69) is 5.32 Å². The largest absolute Gasteiger partial charge is 0.375 e. The fraction of sp³-hybridized carbons (Fsp3) is 0.842. The third-order valence-electron chi connectivity index (χ3n) is 5.66. The van der Waals surface area contributed by atoms with Crippen molar-refractivity contribution in [2.24, 2.45) is 5.92 Å². The summed E-state index contributed by atoms with van der Waals surface area (Å²) in [5.74, 6) is -0.147. The maximum atomic E-state index is 13.1. The van der Waals surface area contributed by atoms with Crippen LogP contribution < -0.4 is 5.32 Å². The van der Waals surface area contributed by atoms with Crippen LogP contribution in [-0.4, -0.2) is 97.0 Å². The average Bonchev–Trinajstić information content (AvgIpc) is 3.39. The summed E-state index contributed by atoms with van der Waals surface area (Å²) < 4.78 is 5.02. The van der Waals surface area contributed by atoms with Gasteiger partial charge in [-0.2, -0.15) is 0 Å². The molecule has 3 aliphatic rings. The van der Waals surface area contributed by atoms with Crippen LogP contribution in [0.2, 0.25) is 0 Å². The Morgan fingerprint density at radius 1 is 1.15 bits per heavy atom. The van der Waals surface area contributed by atoms with Crippen LogP contribution in [0.1, 0.15) is 33.1 Å². The summed E-state index contributed by atoms with van der Waals surface area (Å²) in [4.78, 5) is 44.0. The van der Waals surface area contributed by atoms with Gasteiger partial charge in [0.05, 0.1) is 6.04 Å². The lowest BCUT2D eigenvalue weighted by molar-refractivity contribution is -0.146. The number of methoxy groups -OCH3 is 1. The van der Waals surface area contributed by atoms with E-state index in [9.17, 15) is 14.4 Å². The monoisotopic (exact) mass is 380 g/mol. The van der Waals surface area contributed by atoms with Gasteiger partial charge in [-0.3, -0.25) is 14.4 Å². The van der Waals surface area contributed by atoms with Gasteiger partial charge in [0.25, 0.3) is 0 Å². The summed E-state index contributed by atoms with van der Waals surface area (Å²) in [5.41, 5.74) is 0. The number of ether oxygens (including phenoxy) is 1. The Kier molecular flexibility index (Phi) is 6.37. The molecule has 0 aromatic heterocycles.